The molecule has 11 heteroatoms. The van der Waals surface area contributed by atoms with Crippen molar-refractivity contribution in [3.05, 3.63) is 0 Å². The molecular weight excluding hydrogens is 466 g/mol. The number of hydrogen-bond acceptors (Lipinski definition) is 6. The number of rotatable bonds is 6. The average molecular weight is 490 g/mol. The first kappa shape index (κ1) is 50.1. The number of Topliss-reactive ketones (excluding diaryl/α,β-unsaturated/α-hetero) is 6. The van der Waals surface area contributed by atoms with Gasteiger partial charge < -0.3 is 49.6 Å². The van der Waals surface area contributed by atoms with E-state index in [0.717, 1.165) is 0 Å². The van der Waals surface area contributed by atoms with E-state index in [-0.39, 0.29) is 125 Å². The SMILES string of the molecule is CC(=O)CC(C)=O.CC(=O)CC(C)=O.CC(=O)CC(C)=O.[Cl-].[Cl-].[Cl-].[Cl-].[Ti+4]. The Balaban J connectivity index is -0.0000000284. The second-order valence-electron chi connectivity index (χ2n) is 4.74. The molecule has 0 radical (unpaired) electrons. The van der Waals surface area contributed by atoms with Gasteiger partial charge >= 0.3 is 21.7 Å². The van der Waals surface area contributed by atoms with Gasteiger partial charge in [-0.1, -0.05) is 0 Å². The molecule has 0 aliphatic carbocycles. The van der Waals surface area contributed by atoms with Crippen molar-refractivity contribution in [2.75, 3.05) is 0 Å². The monoisotopic (exact) mass is 488 g/mol. The molecular formula is C15H24Cl4O6Ti. The molecule has 152 valence electrons. The number of halogens is 4. The quantitative estimate of drug-likeness (QED) is 0.271. The van der Waals surface area contributed by atoms with Gasteiger partial charge in [0, 0.05) is 0 Å². The Bertz CT molecular complexity index is 331. The van der Waals surface area contributed by atoms with Gasteiger partial charge in [-0.25, -0.2) is 0 Å². The Morgan fingerprint density at radius 3 is 0.462 bits per heavy atom. The topological polar surface area (TPSA) is 102 Å². The van der Waals surface area contributed by atoms with E-state index in [1.807, 2.05) is 0 Å². The molecule has 0 bridgehead atoms. The molecule has 0 N–H and O–H groups in total. The fraction of sp³-hybridized carbons (Fsp3) is 0.600. The summed E-state index contributed by atoms with van der Waals surface area (Å²) >= 11 is 0. The molecule has 0 saturated carbocycles. The zero-order valence-electron chi connectivity index (χ0n) is 15.6. The van der Waals surface area contributed by atoms with Gasteiger partial charge in [-0.2, -0.15) is 0 Å². The van der Waals surface area contributed by atoms with Crippen LogP contribution in [0.15, 0.2) is 0 Å². The van der Waals surface area contributed by atoms with Crippen LogP contribution in [0.3, 0.4) is 0 Å². The molecule has 0 atom stereocenters. The minimum absolute atomic E-state index is 0. The standard InChI is InChI=1S/3C5H8O2.4ClH.Ti/c3*1-4(6)3-5(2)7;;;;;/h3*3H2,1-2H3;4*1H;/q;;;;;;;+4/p-4. The number of carbonyl (C=O) groups excluding carboxylic acids is 6. The predicted octanol–water partition coefficient (Wildman–Crippen LogP) is -10.3. The molecule has 0 saturated heterocycles. The van der Waals surface area contributed by atoms with Crippen LogP contribution in [-0.2, 0) is 50.5 Å². The Hall–Kier alpha value is -0.106. The van der Waals surface area contributed by atoms with E-state index in [4.69, 9.17) is 0 Å². The van der Waals surface area contributed by atoms with Crippen molar-refractivity contribution < 1.29 is 100 Å². The third kappa shape index (κ3) is 88.5. The molecule has 0 aliphatic rings. The molecule has 0 aromatic heterocycles. The minimum atomic E-state index is -0.0625. The number of carbonyl (C=O) groups is 6. The van der Waals surface area contributed by atoms with E-state index in [0.29, 0.717) is 0 Å². The summed E-state index contributed by atoms with van der Waals surface area (Å²) in [6.07, 6.45) is 0.250. The first-order chi connectivity index (χ1) is 9.38. The van der Waals surface area contributed by atoms with Crippen LogP contribution in [-0.4, -0.2) is 34.7 Å². The van der Waals surface area contributed by atoms with E-state index in [2.05, 4.69) is 0 Å². The third-order valence-corrected chi connectivity index (χ3v) is 1.49. The summed E-state index contributed by atoms with van der Waals surface area (Å²) in [6.45, 7) is 8.42. The van der Waals surface area contributed by atoms with Crippen molar-refractivity contribution >= 4 is 34.7 Å². The summed E-state index contributed by atoms with van der Waals surface area (Å²) in [5.41, 5.74) is 0. The number of ketones is 6. The van der Waals surface area contributed by atoms with Gasteiger partial charge in [0.1, 0.15) is 34.7 Å². The van der Waals surface area contributed by atoms with Crippen LogP contribution in [0.25, 0.3) is 0 Å². The van der Waals surface area contributed by atoms with E-state index in [1.54, 1.807) is 0 Å². The van der Waals surface area contributed by atoms with Crippen molar-refractivity contribution in [3.8, 4) is 0 Å². The van der Waals surface area contributed by atoms with Crippen LogP contribution in [0.2, 0.25) is 0 Å². The average Bonchev–Trinajstić information content (AvgIpc) is 2.10. The maximum Gasteiger partial charge on any atom is 4.00 e. The van der Waals surface area contributed by atoms with E-state index in [1.165, 1.54) is 41.5 Å². The van der Waals surface area contributed by atoms with Gasteiger partial charge in [-0.3, -0.25) is 28.8 Å². The summed E-state index contributed by atoms with van der Waals surface area (Å²) < 4.78 is 0. The summed E-state index contributed by atoms with van der Waals surface area (Å²) in [7, 11) is 0. The third-order valence-electron chi connectivity index (χ3n) is 1.49. The largest absolute Gasteiger partial charge is 4.00 e. The summed E-state index contributed by atoms with van der Waals surface area (Å²) in [5.74, 6) is -0.375. The van der Waals surface area contributed by atoms with Gasteiger partial charge in [0.15, 0.2) is 0 Å². The molecule has 0 aliphatic heterocycles. The molecule has 0 unspecified atom stereocenters. The number of hydrogen-bond donors (Lipinski definition) is 0. The van der Waals surface area contributed by atoms with E-state index < -0.39 is 0 Å². The zero-order valence-corrected chi connectivity index (χ0v) is 20.2. The van der Waals surface area contributed by atoms with Crippen LogP contribution in [0.1, 0.15) is 60.8 Å². The Morgan fingerprint density at radius 2 is 0.462 bits per heavy atom. The van der Waals surface area contributed by atoms with Crippen LogP contribution in [0.4, 0.5) is 0 Å². The molecule has 0 aromatic rings. The van der Waals surface area contributed by atoms with Crippen LogP contribution in [0, 0.1) is 0 Å². The van der Waals surface area contributed by atoms with Crippen molar-refractivity contribution in [2.24, 2.45) is 0 Å². The summed E-state index contributed by atoms with van der Waals surface area (Å²) in [5, 5.41) is 0. The molecule has 0 heterocycles. The van der Waals surface area contributed by atoms with Gasteiger partial charge in [0.25, 0.3) is 0 Å². The second kappa shape index (κ2) is 32.6. The second-order valence-corrected chi connectivity index (χ2v) is 4.74. The van der Waals surface area contributed by atoms with Gasteiger partial charge in [0.05, 0.1) is 19.3 Å². The van der Waals surface area contributed by atoms with Crippen molar-refractivity contribution in [2.45, 2.75) is 60.8 Å². The molecule has 0 fully saturated rings. The minimum Gasteiger partial charge on any atom is -1.00 e. The van der Waals surface area contributed by atoms with Crippen LogP contribution < -0.4 is 49.6 Å². The summed E-state index contributed by atoms with van der Waals surface area (Å²) in [6, 6.07) is 0. The molecule has 26 heavy (non-hydrogen) atoms. The van der Waals surface area contributed by atoms with Crippen LogP contribution in [0.5, 0.6) is 0 Å². The van der Waals surface area contributed by atoms with Gasteiger partial charge in [-0.05, 0) is 41.5 Å². The van der Waals surface area contributed by atoms with Gasteiger partial charge in [0.2, 0.25) is 0 Å². The van der Waals surface area contributed by atoms with Crippen molar-refractivity contribution in [1.82, 2.24) is 0 Å². The first-order valence-corrected chi connectivity index (χ1v) is 6.35. The Kier molecular flexibility index (Phi) is 62.8. The zero-order chi connectivity index (χ0) is 17.6. The van der Waals surface area contributed by atoms with Crippen molar-refractivity contribution in [3.63, 3.8) is 0 Å². The molecule has 0 amide bonds. The first-order valence-electron chi connectivity index (χ1n) is 6.35. The normalized spacial score (nSPS) is 6.69. The fourth-order valence-electron chi connectivity index (χ4n) is 1.05. The molecule has 0 rings (SSSR count). The van der Waals surface area contributed by atoms with Crippen LogP contribution >= 0.6 is 0 Å². The Morgan fingerprint density at radius 1 is 0.385 bits per heavy atom. The molecule has 6 nitrogen and oxygen atoms in total. The summed E-state index contributed by atoms with van der Waals surface area (Å²) in [4.78, 5) is 60.2. The van der Waals surface area contributed by atoms with E-state index >= 15 is 0 Å². The fourth-order valence-corrected chi connectivity index (χ4v) is 1.05. The molecule has 0 spiro atoms. The Labute approximate surface area is 194 Å². The molecule has 0 aromatic carbocycles. The van der Waals surface area contributed by atoms with Gasteiger partial charge in [-0.15, -0.1) is 0 Å². The maximum atomic E-state index is 10.0. The van der Waals surface area contributed by atoms with Crippen molar-refractivity contribution in [1.29, 1.82) is 0 Å². The predicted molar refractivity (Wildman–Crippen MR) is 77.9 cm³/mol. The van der Waals surface area contributed by atoms with E-state index in [9.17, 15) is 28.8 Å². The smallest absolute Gasteiger partial charge is 1.00 e. The maximum absolute atomic E-state index is 10.0.